The largest absolute Gasteiger partial charge is 0.459 e. The van der Waals surface area contributed by atoms with Gasteiger partial charge in [0.2, 0.25) is 11.9 Å². The van der Waals surface area contributed by atoms with Crippen LogP contribution in [-0.2, 0) is 4.79 Å². The average Bonchev–Trinajstić information content (AvgIpc) is 4.03. The quantitative estimate of drug-likeness (QED) is 0.0917. The van der Waals surface area contributed by atoms with Crippen molar-refractivity contribution in [2.24, 2.45) is 0 Å². The average molecular weight is 770 g/mol. The molecule has 8 rings (SSSR count). The summed E-state index contributed by atoms with van der Waals surface area (Å²) in [6.45, 7) is 5.11. The molecule has 3 amide bonds. The molecule has 294 valence electrons. The Labute approximate surface area is 330 Å². The summed E-state index contributed by atoms with van der Waals surface area (Å²) in [5.74, 6) is 2.04. The summed E-state index contributed by atoms with van der Waals surface area (Å²) in [6.07, 6.45) is 0.507. The van der Waals surface area contributed by atoms with Crippen LogP contribution in [0.4, 0.5) is 22.2 Å². The highest BCUT2D eigenvalue weighted by atomic mass is 16.3. The zero-order valence-corrected chi connectivity index (χ0v) is 31.9. The van der Waals surface area contributed by atoms with Gasteiger partial charge in [0.15, 0.2) is 17.0 Å². The minimum atomic E-state index is -1.17. The molecule has 6 aromatic rings. The predicted molar refractivity (Wildman–Crippen MR) is 218 cm³/mol. The maximum Gasteiger partial charge on any atom is 0.319 e. The first-order valence-electron chi connectivity index (χ1n) is 19.5. The topological polar surface area (TPSA) is 183 Å². The van der Waals surface area contributed by atoms with E-state index in [9.17, 15) is 19.8 Å². The van der Waals surface area contributed by atoms with Crippen LogP contribution in [-0.4, -0.2) is 85.6 Å². The van der Waals surface area contributed by atoms with E-state index >= 15 is 0 Å². The molecule has 57 heavy (non-hydrogen) atoms. The lowest BCUT2D eigenvalue weighted by Gasteiger charge is -2.22. The first-order valence-corrected chi connectivity index (χ1v) is 19.5. The monoisotopic (exact) mass is 769 g/mol. The summed E-state index contributed by atoms with van der Waals surface area (Å²) in [4.78, 5) is 42.3. The van der Waals surface area contributed by atoms with Crippen molar-refractivity contribution in [1.29, 1.82) is 0 Å². The molecule has 1 aliphatic carbocycles. The molecule has 4 heterocycles. The second-order valence-electron chi connectivity index (χ2n) is 14.7. The maximum absolute atomic E-state index is 13.2. The molecule has 6 N–H and O–H groups in total. The molecule has 0 bridgehead atoms. The van der Waals surface area contributed by atoms with Crippen LogP contribution >= 0.6 is 0 Å². The minimum Gasteiger partial charge on any atom is -0.459 e. The number of urea groups is 1. The van der Waals surface area contributed by atoms with Gasteiger partial charge < -0.3 is 45.4 Å². The Morgan fingerprint density at radius 2 is 1.60 bits per heavy atom. The van der Waals surface area contributed by atoms with Crippen LogP contribution in [0.15, 0.2) is 108 Å². The summed E-state index contributed by atoms with van der Waals surface area (Å²) in [5.41, 5.74) is 4.80. The standard InChI is InChI=1S/C43H47N9O5/c1-3-36(53)47-33-21-34(39(55)38(33)54)52-25-45-37-40(44-23-31(27-13-7-4-8-14-27)28-15-9-5-10-16-28)49-42(50-41(37)52)51-20-19-30(24-51)46-43(56)48-32-22-35(57-26(32)2)29-17-11-6-12-18-29/h4-18,22,25,30-31,33-34,38-39,54-55H,3,19-21,23-24H2,1-2H3,(H,47,53)(H,44,49,50)(H2,46,48,56)/t30-,33+,34-,38-,39+/m1/s1. The molecular weight excluding hydrogens is 723 g/mol. The van der Waals surface area contributed by atoms with Crippen molar-refractivity contribution in [2.75, 3.05) is 35.2 Å². The highest BCUT2D eigenvalue weighted by molar-refractivity contribution is 5.91. The molecule has 3 aromatic carbocycles. The minimum absolute atomic E-state index is 0.000738. The normalized spacial score (nSPS) is 20.6. The molecule has 3 aromatic heterocycles. The number of carbonyl (C=O) groups is 2. The van der Waals surface area contributed by atoms with E-state index in [0.29, 0.717) is 72.6 Å². The number of imidazole rings is 1. The zero-order valence-electron chi connectivity index (χ0n) is 31.9. The molecule has 5 atom stereocenters. The molecule has 14 nitrogen and oxygen atoms in total. The fraction of sp³-hybridized carbons (Fsp3) is 0.326. The van der Waals surface area contributed by atoms with Crippen molar-refractivity contribution in [3.63, 3.8) is 0 Å². The lowest BCUT2D eigenvalue weighted by atomic mass is 9.91. The van der Waals surface area contributed by atoms with Gasteiger partial charge in [-0.3, -0.25) is 4.79 Å². The lowest BCUT2D eigenvalue weighted by molar-refractivity contribution is -0.122. The number of furan rings is 1. The van der Waals surface area contributed by atoms with Gasteiger partial charge in [0.05, 0.1) is 24.1 Å². The number of benzene rings is 3. The lowest BCUT2D eigenvalue weighted by Crippen LogP contribution is -2.42. The number of nitrogens with one attached hydrogen (secondary N) is 4. The smallest absolute Gasteiger partial charge is 0.319 e. The summed E-state index contributed by atoms with van der Waals surface area (Å²) in [7, 11) is 0. The summed E-state index contributed by atoms with van der Waals surface area (Å²) < 4.78 is 7.71. The third-order valence-corrected chi connectivity index (χ3v) is 11.0. The van der Waals surface area contributed by atoms with Crippen molar-refractivity contribution in [3.05, 3.63) is 120 Å². The Balaban J connectivity index is 1.05. The number of aliphatic hydroxyl groups is 2. The molecule has 0 unspecified atom stereocenters. The van der Waals surface area contributed by atoms with Crippen molar-refractivity contribution >= 4 is 40.6 Å². The highest BCUT2D eigenvalue weighted by Crippen LogP contribution is 2.36. The summed E-state index contributed by atoms with van der Waals surface area (Å²) in [6, 6.07) is 30.3. The Kier molecular flexibility index (Phi) is 10.9. The number of hydrogen-bond donors (Lipinski definition) is 6. The van der Waals surface area contributed by atoms with Gasteiger partial charge >= 0.3 is 6.03 Å². The van der Waals surface area contributed by atoms with Gasteiger partial charge in [-0.1, -0.05) is 97.9 Å². The van der Waals surface area contributed by atoms with Crippen LogP contribution in [0.25, 0.3) is 22.5 Å². The first-order chi connectivity index (χ1) is 27.7. The highest BCUT2D eigenvalue weighted by Gasteiger charge is 2.44. The van der Waals surface area contributed by atoms with E-state index in [4.69, 9.17) is 19.4 Å². The third kappa shape index (κ3) is 8.04. The molecule has 0 radical (unpaired) electrons. The Bertz CT molecular complexity index is 2280. The summed E-state index contributed by atoms with van der Waals surface area (Å²) in [5, 5.41) is 34.7. The number of aryl methyl sites for hydroxylation is 1. The fourth-order valence-electron chi connectivity index (χ4n) is 7.90. The van der Waals surface area contributed by atoms with Crippen molar-refractivity contribution in [1.82, 2.24) is 30.2 Å². The zero-order chi connectivity index (χ0) is 39.5. The van der Waals surface area contributed by atoms with Crippen molar-refractivity contribution in [2.45, 2.75) is 69.4 Å². The number of nitrogens with zero attached hydrogens (tertiary/aromatic N) is 5. The van der Waals surface area contributed by atoms with Crippen LogP contribution in [0, 0.1) is 6.92 Å². The first kappa shape index (κ1) is 37.7. The summed E-state index contributed by atoms with van der Waals surface area (Å²) >= 11 is 0. The van der Waals surface area contributed by atoms with E-state index in [1.54, 1.807) is 17.8 Å². The van der Waals surface area contributed by atoms with Gasteiger partial charge in [0, 0.05) is 49.6 Å². The molecule has 1 aliphatic heterocycles. The van der Waals surface area contributed by atoms with Gasteiger partial charge in [-0.15, -0.1) is 0 Å². The van der Waals surface area contributed by atoms with Crippen LogP contribution in [0.3, 0.4) is 0 Å². The van der Waals surface area contributed by atoms with Gasteiger partial charge in [-0.05, 0) is 30.9 Å². The maximum atomic E-state index is 13.2. The Morgan fingerprint density at radius 1 is 0.912 bits per heavy atom. The number of aliphatic hydroxyl groups excluding tert-OH is 2. The van der Waals surface area contributed by atoms with E-state index in [2.05, 4.69) is 45.5 Å². The van der Waals surface area contributed by atoms with Gasteiger partial charge in [-0.25, -0.2) is 9.78 Å². The van der Waals surface area contributed by atoms with Crippen molar-refractivity contribution in [3.8, 4) is 11.3 Å². The number of amides is 3. The number of hydrogen-bond acceptors (Lipinski definition) is 10. The third-order valence-electron chi connectivity index (χ3n) is 11.0. The molecule has 14 heteroatoms. The van der Waals surface area contributed by atoms with Crippen LogP contribution in [0.5, 0.6) is 0 Å². The van der Waals surface area contributed by atoms with E-state index in [1.807, 2.05) is 84.6 Å². The number of carbonyl (C=O) groups excluding carboxylic acids is 2. The number of fused-ring (bicyclic) bond motifs is 1. The van der Waals surface area contributed by atoms with Gasteiger partial charge in [-0.2, -0.15) is 9.97 Å². The molecular formula is C43H47N9O5. The van der Waals surface area contributed by atoms with E-state index in [-0.39, 0.29) is 30.3 Å². The molecule has 0 spiro atoms. The van der Waals surface area contributed by atoms with Crippen LogP contribution in [0.2, 0.25) is 0 Å². The second kappa shape index (κ2) is 16.5. The van der Waals surface area contributed by atoms with Gasteiger partial charge in [0.1, 0.15) is 23.7 Å². The second-order valence-corrected chi connectivity index (χ2v) is 14.7. The molecule has 1 saturated carbocycles. The Hall–Kier alpha value is -6.25. The number of rotatable bonds is 12. The predicted octanol–water partition coefficient (Wildman–Crippen LogP) is 5.60. The number of anilines is 3. The molecule has 1 saturated heterocycles. The Morgan fingerprint density at radius 3 is 2.28 bits per heavy atom. The van der Waals surface area contributed by atoms with E-state index < -0.39 is 24.3 Å². The van der Waals surface area contributed by atoms with E-state index in [0.717, 1.165) is 16.7 Å². The van der Waals surface area contributed by atoms with Crippen molar-refractivity contribution < 1.29 is 24.2 Å². The molecule has 2 fully saturated rings. The van der Waals surface area contributed by atoms with Gasteiger partial charge in [0.25, 0.3) is 0 Å². The number of aromatic nitrogens is 4. The van der Waals surface area contributed by atoms with Crippen LogP contribution < -0.4 is 26.2 Å². The van der Waals surface area contributed by atoms with Crippen LogP contribution in [0.1, 0.15) is 55.0 Å². The van der Waals surface area contributed by atoms with E-state index in [1.165, 1.54) is 0 Å². The SMILES string of the molecule is CCC(=O)N[C@H]1C[C@@H](n2cnc3c(NCC(c4ccccc4)c4ccccc4)nc(N4CC[C@@H](NC(=O)Nc5cc(-c6ccccc6)oc5C)C4)nc32)[C@H](O)[C@@H]1O. The fourth-order valence-corrected chi connectivity index (χ4v) is 7.90. The molecule has 2 aliphatic rings.